The summed E-state index contributed by atoms with van der Waals surface area (Å²) in [5.41, 5.74) is 1.72. The number of aliphatic imine (C=N–C) groups is 1. The molecule has 1 aromatic carbocycles. The minimum absolute atomic E-state index is 0.300. The topological polar surface area (TPSA) is 104 Å². The highest BCUT2D eigenvalue weighted by Gasteiger charge is 2.34. The molecule has 0 saturated carbocycles. The fraction of sp³-hybridized carbons (Fsp3) is 0.278. The van der Waals surface area contributed by atoms with Gasteiger partial charge in [-0.25, -0.2) is 9.98 Å². The molecule has 0 radical (unpaired) electrons. The largest absolute Gasteiger partial charge is 0.473 e. The maximum Gasteiger partial charge on any atom is 0.254 e. The lowest BCUT2D eigenvalue weighted by Gasteiger charge is -2.16. The highest BCUT2D eigenvalue weighted by atomic mass is 32.1. The highest BCUT2D eigenvalue weighted by Crippen LogP contribution is 2.27. The molecular weight excluding hydrogens is 380 g/mol. The third-order valence-electron chi connectivity index (χ3n) is 4.07. The Morgan fingerprint density at radius 3 is 3.04 bits per heavy atom. The Kier molecular flexibility index (Phi) is 5.40. The molecule has 0 spiro atoms. The van der Waals surface area contributed by atoms with Gasteiger partial charge in [-0.3, -0.25) is 4.79 Å². The molecule has 1 N–H and O–H groups in total. The van der Waals surface area contributed by atoms with E-state index in [0.717, 1.165) is 16.3 Å². The number of nitrogens with zero attached hydrogens (tertiary/aromatic N) is 5. The highest BCUT2D eigenvalue weighted by molar-refractivity contribution is 7.09. The Morgan fingerprint density at radius 2 is 2.21 bits per heavy atom. The van der Waals surface area contributed by atoms with E-state index in [4.69, 9.17) is 9.47 Å². The molecule has 10 heteroatoms. The monoisotopic (exact) mass is 398 g/mol. The molecule has 2 unspecified atom stereocenters. The van der Waals surface area contributed by atoms with Gasteiger partial charge in [0.25, 0.3) is 5.91 Å². The van der Waals surface area contributed by atoms with E-state index in [-0.39, 0.29) is 5.91 Å². The van der Waals surface area contributed by atoms with Gasteiger partial charge in [-0.2, -0.15) is 9.90 Å². The van der Waals surface area contributed by atoms with Crippen molar-refractivity contribution < 1.29 is 14.3 Å². The molecular formula is C18H18N6O3S. The molecule has 0 bridgehead atoms. The molecule has 0 fully saturated rings. The van der Waals surface area contributed by atoms with Crippen LogP contribution in [-0.4, -0.2) is 45.4 Å². The molecule has 144 valence electrons. The third-order valence-corrected chi connectivity index (χ3v) is 4.94. The maximum atomic E-state index is 12.6. The van der Waals surface area contributed by atoms with Crippen molar-refractivity contribution in [3.63, 3.8) is 0 Å². The molecule has 1 aliphatic rings. The van der Waals surface area contributed by atoms with Crippen molar-refractivity contribution in [2.75, 3.05) is 12.4 Å². The molecule has 2 atom stereocenters. The first-order valence-corrected chi connectivity index (χ1v) is 9.46. The Balaban J connectivity index is 1.39. The Morgan fingerprint density at radius 1 is 1.36 bits per heavy atom. The summed E-state index contributed by atoms with van der Waals surface area (Å²) >= 11 is 1.52. The zero-order chi connectivity index (χ0) is 19.3. The molecule has 9 nitrogen and oxygen atoms in total. The van der Waals surface area contributed by atoms with Gasteiger partial charge in [0.1, 0.15) is 11.6 Å². The van der Waals surface area contributed by atoms with E-state index in [1.807, 2.05) is 35.7 Å². The van der Waals surface area contributed by atoms with Gasteiger partial charge in [0, 0.05) is 12.5 Å². The van der Waals surface area contributed by atoms with Gasteiger partial charge in [0.05, 0.1) is 18.5 Å². The van der Waals surface area contributed by atoms with Crippen molar-refractivity contribution in [1.29, 1.82) is 0 Å². The summed E-state index contributed by atoms with van der Waals surface area (Å²) in [6, 6.07) is 8.83. The van der Waals surface area contributed by atoms with Gasteiger partial charge >= 0.3 is 0 Å². The molecule has 1 amide bonds. The van der Waals surface area contributed by atoms with Crippen molar-refractivity contribution in [2.45, 2.75) is 25.3 Å². The first-order valence-electron chi connectivity index (χ1n) is 8.58. The quantitative estimate of drug-likeness (QED) is 0.653. The average molecular weight is 398 g/mol. The van der Waals surface area contributed by atoms with Gasteiger partial charge in [0.2, 0.25) is 0 Å². The standard InChI is InChI=1S/C18H18N6O3S/c1-26-9-15-21-13(10-28-15)8-24-20-7-14(23-24)22-18(25)16-17(27-11-19-16)12-5-3-2-4-6-12/h2-7,10-11,16-17H,8-9H2,1H3,(H,22,23,25). The van der Waals surface area contributed by atoms with E-state index in [0.29, 0.717) is 19.0 Å². The lowest BCUT2D eigenvalue weighted by Crippen LogP contribution is -2.30. The number of carbonyl (C=O) groups is 1. The average Bonchev–Trinajstić information content (AvgIpc) is 3.45. The fourth-order valence-corrected chi connectivity index (χ4v) is 3.57. The van der Waals surface area contributed by atoms with Crippen LogP contribution in [0.25, 0.3) is 0 Å². The summed E-state index contributed by atoms with van der Waals surface area (Å²) in [7, 11) is 1.63. The van der Waals surface area contributed by atoms with Crippen molar-refractivity contribution >= 4 is 29.5 Å². The van der Waals surface area contributed by atoms with E-state index >= 15 is 0 Å². The van der Waals surface area contributed by atoms with Crippen molar-refractivity contribution in [1.82, 2.24) is 20.0 Å². The van der Waals surface area contributed by atoms with E-state index < -0.39 is 12.1 Å². The van der Waals surface area contributed by atoms with E-state index in [1.165, 1.54) is 28.7 Å². The summed E-state index contributed by atoms with van der Waals surface area (Å²) in [5, 5.41) is 14.0. The number of ether oxygens (including phenoxy) is 2. The van der Waals surface area contributed by atoms with Crippen LogP contribution in [0.15, 0.2) is 46.9 Å². The van der Waals surface area contributed by atoms with Crippen LogP contribution in [0.2, 0.25) is 0 Å². The summed E-state index contributed by atoms with van der Waals surface area (Å²) < 4.78 is 10.6. The molecule has 0 aliphatic carbocycles. The van der Waals surface area contributed by atoms with E-state index in [2.05, 4.69) is 25.5 Å². The molecule has 0 saturated heterocycles. The second-order valence-electron chi connectivity index (χ2n) is 6.08. The molecule has 1 aliphatic heterocycles. The summed E-state index contributed by atoms with van der Waals surface area (Å²) in [6.45, 7) is 0.887. The summed E-state index contributed by atoms with van der Waals surface area (Å²) in [4.78, 5) is 22.7. The van der Waals surface area contributed by atoms with Gasteiger partial charge in [-0.05, 0) is 5.56 Å². The molecule has 28 heavy (non-hydrogen) atoms. The number of amides is 1. The number of thiazole rings is 1. The molecule has 3 aromatic rings. The predicted octanol–water partition coefficient (Wildman–Crippen LogP) is 2.04. The number of nitrogens with one attached hydrogen (secondary N) is 1. The smallest absolute Gasteiger partial charge is 0.254 e. The van der Waals surface area contributed by atoms with Crippen LogP contribution in [-0.2, 0) is 27.4 Å². The SMILES string of the molecule is COCc1nc(Cn2ncc(NC(=O)C3N=COC3c3ccccc3)n2)cs1. The second-order valence-corrected chi connectivity index (χ2v) is 7.02. The van der Waals surface area contributed by atoms with E-state index in [9.17, 15) is 4.79 Å². The lowest BCUT2D eigenvalue weighted by atomic mass is 10.0. The Labute approximate surface area is 165 Å². The van der Waals surface area contributed by atoms with Crippen LogP contribution in [0.5, 0.6) is 0 Å². The number of aromatic nitrogens is 4. The Bertz CT molecular complexity index is 971. The number of hydrogen-bond donors (Lipinski definition) is 1. The molecule has 2 aromatic heterocycles. The number of hydrogen-bond acceptors (Lipinski definition) is 8. The van der Waals surface area contributed by atoms with Crippen molar-refractivity contribution in [3.05, 3.63) is 58.2 Å². The van der Waals surface area contributed by atoms with Crippen LogP contribution in [0.3, 0.4) is 0 Å². The molecule has 4 rings (SSSR count). The van der Waals surface area contributed by atoms with Gasteiger partial charge < -0.3 is 14.8 Å². The van der Waals surface area contributed by atoms with Gasteiger partial charge in [-0.15, -0.1) is 16.4 Å². The number of benzene rings is 1. The normalized spacial score (nSPS) is 18.2. The molecule has 3 heterocycles. The minimum Gasteiger partial charge on any atom is -0.473 e. The van der Waals surface area contributed by atoms with Gasteiger partial charge in [-0.1, -0.05) is 30.3 Å². The first-order chi connectivity index (χ1) is 13.7. The van der Waals surface area contributed by atoms with Crippen LogP contribution >= 0.6 is 11.3 Å². The number of rotatable bonds is 7. The van der Waals surface area contributed by atoms with Crippen LogP contribution in [0.1, 0.15) is 22.4 Å². The van der Waals surface area contributed by atoms with Crippen molar-refractivity contribution in [2.24, 2.45) is 4.99 Å². The maximum absolute atomic E-state index is 12.6. The second kappa shape index (κ2) is 8.28. The van der Waals surface area contributed by atoms with Gasteiger partial charge in [0.15, 0.2) is 24.4 Å². The van der Waals surface area contributed by atoms with E-state index in [1.54, 1.807) is 7.11 Å². The van der Waals surface area contributed by atoms with Crippen LogP contribution in [0, 0.1) is 0 Å². The summed E-state index contributed by atoms with van der Waals surface area (Å²) in [6.07, 6.45) is 2.36. The fourth-order valence-electron chi connectivity index (χ4n) is 2.81. The lowest BCUT2D eigenvalue weighted by molar-refractivity contribution is -0.118. The number of carbonyl (C=O) groups excluding carboxylic acids is 1. The van der Waals surface area contributed by atoms with Crippen LogP contribution < -0.4 is 5.32 Å². The Hall–Kier alpha value is -3.11. The zero-order valence-electron chi connectivity index (χ0n) is 15.1. The third kappa shape index (κ3) is 4.07. The minimum atomic E-state index is -0.678. The van der Waals surface area contributed by atoms with Crippen LogP contribution in [0.4, 0.5) is 5.82 Å². The first kappa shape index (κ1) is 18.3. The van der Waals surface area contributed by atoms with Crippen molar-refractivity contribution in [3.8, 4) is 0 Å². The number of methoxy groups -OCH3 is 1. The zero-order valence-corrected chi connectivity index (χ0v) is 15.9. The summed E-state index contributed by atoms with van der Waals surface area (Å²) in [5.74, 6) is 0.0527. The number of anilines is 1. The predicted molar refractivity (Wildman–Crippen MR) is 103 cm³/mol.